The maximum Gasteiger partial charge on any atom is 0.306 e. The van der Waals surface area contributed by atoms with Crippen LogP contribution in [-0.2, 0) is 28.6 Å². The molecule has 0 aromatic rings. The Bertz CT molecular complexity index is 1040. The molecule has 0 saturated carbocycles. The zero-order valence-corrected chi connectivity index (χ0v) is 32.6. The predicted molar refractivity (Wildman–Crippen MR) is 214 cm³/mol. The van der Waals surface area contributed by atoms with Crippen molar-refractivity contribution < 1.29 is 28.6 Å². The fourth-order valence-electron chi connectivity index (χ4n) is 4.88. The average Bonchev–Trinajstić information content (AvgIpc) is 3.12. The molecule has 0 aromatic heterocycles. The lowest BCUT2D eigenvalue weighted by atomic mass is 10.1. The van der Waals surface area contributed by atoms with E-state index in [1.54, 1.807) is 0 Å². The lowest BCUT2D eigenvalue weighted by Crippen LogP contribution is -2.30. The van der Waals surface area contributed by atoms with Crippen LogP contribution in [0.15, 0.2) is 85.1 Å². The summed E-state index contributed by atoms with van der Waals surface area (Å²) in [6.45, 7) is 6.21. The Labute approximate surface area is 312 Å². The van der Waals surface area contributed by atoms with E-state index in [2.05, 4.69) is 106 Å². The van der Waals surface area contributed by atoms with Crippen LogP contribution in [0.3, 0.4) is 0 Å². The molecule has 0 bridgehead atoms. The van der Waals surface area contributed by atoms with Gasteiger partial charge in [0, 0.05) is 19.3 Å². The molecule has 51 heavy (non-hydrogen) atoms. The Balaban J connectivity index is 4.56. The molecule has 0 N–H and O–H groups in total. The molecule has 1 atom stereocenters. The Morgan fingerprint density at radius 3 is 1.29 bits per heavy atom. The first kappa shape index (κ1) is 47.6. The van der Waals surface area contributed by atoms with E-state index in [4.69, 9.17) is 14.2 Å². The molecule has 0 aliphatic rings. The van der Waals surface area contributed by atoms with Crippen LogP contribution in [0.5, 0.6) is 0 Å². The minimum atomic E-state index is -0.822. The van der Waals surface area contributed by atoms with Gasteiger partial charge >= 0.3 is 17.9 Å². The summed E-state index contributed by atoms with van der Waals surface area (Å²) in [5.74, 6) is -1.06. The van der Waals surface area contributed by atoms with Gasteiger partial charge in [-0.05, 0) is 89.9 Å². The van der Waals surface area contributed by atoms with Gasteiger partial charge in [-0.2, -0.15) is 0 Å². The number of allylic oxidation sites excluding steroid dienone is 14. The zero-order valence-electron chi connectivity index (χ0n) is 32.6. The second-order valence-electron chi connectivity index (χ2n) is 12.8. The van der Waals surface area contributed by atoms with E-state index in [1.807, 2.05) is 0 Å². The van der Waals surface area contributed by atoms with Gasteiger partial charge in [-0.1, -0.05) is 138 Å². The summed E-state index contributed by atoms with van der Waals surface area (Å²) in [6.07, 6.45) is 48.7. The molecular formula is C45H72O6. The molecular weight excluding hydrogens is 636 g/mol. The van der Waals surface area contributed by atoms with E-state index >= 15 is 0 Å². The summed E-state index contributed by atoms with van der Waals surface area (Å²) >= 11 is 0. The fraction of sp³-hybridized carbons (Fsp3) is 0.622. The lowest BCUT2D eigenvalue weighted by molar-refractivity contribution is -0.167. The maximum atomic E-state index is 12.6. The molecule has 288 valence electrons. The highest BCUT2D eigenvalue weighted by Crippen LogP contribution is 2.10. The number of esters is 3. The molecule has 6 nitrogen and oxygen atoms in total. The summed E-state index contributed by atoms with van der Waals surface area (Å²) in [6, 6.07) is 0. The summed E-state index contributed by atoms with van der Waals surface area (Å²) < 4.78 is 16.5. The van der Waals surface area contributed by atoms with E-state index in [9.17, 15) is 14.4 Å². The van der Waals surface area contributed by atoms with Crippen molar-refractivity contribution in [1.29, 1.82) is 0 Å². The van der Waals surface area contributed by atoms with Crippen molar-refractivity contribution in [2.75, 3.05) is 13.2 Å². The molecule has 0 aliphatic heterocycles. The van der Waals surface area contributed by atoms with Gasteiger partial charge in [-0.25, -0.2) is 0 Å². The third-order valence-corrected chi connectivity index (χ3v) is 7.86. The largest absolute Gasteiger partial charge is 0.462 e. The Morgan fingerprint density at radius 1 is 0.412 bits per heavy atom. The van der Waals surface area contributed by atoms with Crippen molar-refractivity contribution in [2.24, 2.45) is 0 Å². The summed E-state index contributed by atoms with van der Waals surface area (Å²) in [5.41, 5.74) is 0. The Kier molecular flexibility index (Phi) is 36.7. The number of hydrogen-bond donors (Lipinski definition) is 0. The van der Waals surface area contributed by atoms with E-state index < -0.39 is 6.10 Å². The van der Waals surface area contributed by atoms with Crippen LogP contribution < -0.4 is 0 Å². The minimum Gasteiger partial charge on any atom is -0.462 e. The van der Waals surface area contributed by atoms with Gasteiger partial charge in [0.2, 0.25) is 0 Å². The SMILES string of the molecule is CC/C=C\C/C=C\C/C=C\CCCC(=O)OCC(COC(=O)CCCCCCC/C=C\CCCC)OC(=O)CCC/C=C\C/C=C\C/C=C\CC. The van der Waals surface area contributed by atoms with Crippen LogP contribution in [0.2, 0.25) is 0 Å². The van der Waals surface area contributed by atoms with E-state index in [-0.39, 0.29) is 44.0 Å². The molecule has 0 aliphatic carbocycles. The monoisotopic (exact) mass is 709 g/mol. The molecule has 0 spiro atoms. The second kappa shape index (κ2) is 39.4. The third kappa shape index (κ3) is 37.7. The Hall–Kier alpha value is -3.41. The molecule has 0 amide bonds. The Morgan fingerprint density at radius 2 is 0.784 bits per heavy atom. The van der Waals surface area contributed by atoms with Crippen LogP contribution in [0.1, 0.15) is 162 Å². The first-order valence-corrected chi connectivity index (χ1v) is 20.1. The standard InChI is InChI=1S/C45H72O6/c1-4-7-10-13-16-19-22-25-28-31-34-37-43(46)49-40-42(51-45(48)39-36-33-30-27-24-21-18-15-12-9-6-3)41-50-44(47)38-35-32-29-26-23-20-17-14-11-8-5-2/h7,9-10,12,14,16-19,21,25,27-28,30,42H,4-6,8,11,13,15,20,22-24,26,29,31-41H2,1-3H3/b10-7-,12-9-,17-14-,19-16-,21-18-,28-25-,30-27-. The topological polar surface area (TPSA) is 78.9 Å². The smallest absolute Gasteiger partial charge is 0.306 e. The van der Waals surface area contributed by atoms with E-state index in [0.29, 0.717) is 19.3 Å². The molecule has 0 saturated heterocycles. The van der Waals surface area contributed by atoms with Gasteiger partial charge in [-0.15, -0.1) is 0 Å². The first-order chi connectivity index (χ1) is 25.0. The number of hydrogen-bond acceptors (Lipinski definition) is 6. The number of unbranched alkanes of at least 4 members (excludes halogenated alkanes) is 9. The molecule has 0 aromatic carbocycles. The molecule has 6 heteroatoms. The van der Waals surface area contributed by atoms with Crippen molar-refractivity contribution in [1.82, 2.24) is 0 Å². The zero-order chi connectivity index (χ0) is 37.3. The van der Waals surface area contributed by atoms with Crippen molar-refractivity contribution in [3.63, 3.8) is 0 Å². The molecule has 1 unspecified atom stereocenters. The van der Waals surface area contributed by atoms with Crippen molar-refractivity contribution in [2.45, 2.75) is 168 Å². The van der Waals surface area contributed by atoms with Gasteiger partial charge < -0.3 is 14.2 Å². The van der Waals surface area contributed by atoms with Gasteiger partial charge in [0.25, 0.3) is 0 Å². The number of rotatable bonds is 34. The minimum absolute atomic E-state index is 0.119. The molecule has 0 rings (SSSR count). The number of ether oxygens (including phenoxy) is 3. The number of carbonyl (C=O) groups excluding carboxylic acids is 3. The highest BCUT2D eigenvalue weighted by Gasteiger charge is 2.19. The number of carbonyl (C=O) groups is 3. The van der Waals surface area contributed by atoms with Gasteiger partial charge in [0.15, 0.2) is 6.10 Å². The predicted octanol–water partition coefficient (Wildman–Crippen LogP) is 12.5. The van der Waals surface area contributed by atoms with Crippen LogP contribution >= 0.6 is 0 Å². The van der Waals surface area contributed by atoms with Crippen LogP contribution in [0.4, 0.5) is 0 Å². The maximum absolute atomic E-state index is 12.6. The van der Waals surface area contributed by atoms with Crippen LogP contribution in [-0.4, -0.2) is 37.2 Å². The van der Waals surface area contributed by atoms with Crippen molar-refractivity contribution in [3.8, 4) is 0 Å². The summed E-state index contributed by atoms with van der Waals surface area (Å²) in [4.78, 5) is 37.5. The quantitative estimate of drug-likeness (QED) is 0.0286. The van der Waals surface area contributed by atoms with Gasteiger partial charge in [0.05, 0.1) is 0 Å². The van der Waals surface area contributed by atoms with Gasteiger partial charge in [-0.3, -0.25) is 14.4 Å². The van der Waals surface area contributed by atoms with E-state index in [0.717, 1.165) is 83.5 Å². The second-order valence-corrected chi connectivity index (χ2v) is 12.8. The van der Waals surface area contributed by atoms with Crippen LogP contribution in [0, 0.1) is 0 Å². The first-order valence-electron chi connectivity index (χ1n) is 20.1. The molecule has 0 heterocycles. The third-order valence-electron chi connectivity index (χ3n) is 7.86. The van der Waals surface area contributed by atoms with Gasteiger partial charge in [0.1, 0.15) is 13.2 Å². The average molecular weight is 709 g/mol. The fourth-order valence-corrected chi connectivity index (χ4v) is 4.88. The van der Waals surface area contributed by atoms with Crippen molar-refractivity contribution in [3.05, 3.63) is 85.1 Å². The highest BCUT2D eigenvalue weighted by atomic mass is 16.6. The summed E-state index contributed by atoms with van der Waals surface area (Å²) in [7, 11) is 0. The normalized spacial score (nSPS) is 12.9. The van der Waals surface area contributed by atoms with E-state index in [1.165, 1.54) is 25.7 Å². The van der Waals surface area contributed by atoms with Crippen LogP contribution in [0.25, 0.3) is 0 Å². The molecule has 0 fully saturated rings. The van der Waals surface area contributed by atoms with Crippen molar-refractivity contribution >= 4 is 17.9 Å². The highest BCUT2D eigenvalue weighted by molar-refractivity contribution is 5.71. The summed E-state index contributed by atoms with van der Waals surface area (Å²) in [5, 5.41) is 0. The lowest BCUT2D eigenvalue weighted by Gasteiger charge is -2.18. The molecule has 0 radical (unpaired) electrons.